The van der Waals surface area contributed by atoms with Crippen LogP contribution in [-0.2, 0) is 11.2 Å². The van der Waals surface area contributed by atoms with Gasteiger partial charge in [-0.2, -0.15) is 0 Å². The zero-order valence-corrected chi connectivity index (χ0v) is 14.9. The molecule has 3 heterocycles. The van der Waals surface area contributed by atoms with Crippen LogP contribution in [0.5, 0.6) is 5.75 Å². The lowest BCUT2D eigenvalue weighted by atomic mass is 9.91. The van der Waals surface area contributed by atoms with E-state index < -0.39 is 0 Å². The molecule has 26 heavy (non-hydrogen) atoms. The summed E-state index contributed by atoms with van der Waals surface area (Å²) in [5.74, 6) is 1.84. The second kappa shape index (κ2) is 6.94. The molecule has 0 radical (unpaired) electrons. The lowest BCUT2D eigenvalue weighted by Gasteiger charge is -2.35. The van der Waals surface area contributed by atoms with Crippen LogP contribution >= 0.6 is 0 Å². The Morgan fingerprint density at radius 2 is 2.04 bits per heavy atom. The Morgan fingerprint density at radius 3 is 2.81 bits per heavy atom. The van der Waals surface area contributed by atoms with E-state index >= 15 is 0 Å². The Kier molecular flexibility index (Phi) is 4.49. The number of aryl methyl sites for hydroxylation is 1. The number of amides is 1. The summed E-state index contributed by atoms with van der Waals surface area (Å²) < 4.78 is 5.77. The predicted molar refractivity (Wildman–Crippen MR) is 97.3 cm³/mol. The molecular weight excluding hydrogens is 330 g/mol. The van der Waals surface area contributed by atoms with E-state index in [0.29, 0.717) is 25.5 Å². The summed E-state index contributed by atoms with van der Waals surface area (Å²) in [4.78, 5) is 33.6. The normalized spacial score (nSPS) is 20.3. The highest BCUT2D eigenvalue weighted by Gasteiger charge is 2.32. The zero-order valence-electron chi connectivity index (χ0n) is 14.9. The number of hydrogen-bond donors (Lipinski definition) is 1. The van der Waals surface area contributed by atoms with Gasteiger partial charge in [0.25, 0.3) is 5.56 Å². The molecule has 6 nitrogen and oxygen atoms in total. The van der Waals surface area contributed by atoms with Crippen LogP contribution in [0.4, 0.5) is 0 Å². The number of carbonyl (C=O) groups is 1. The van der Waals surface area contributed by atoms with Crippen molar-refractivity contribution in [3.8, 4) is 5.75 Å². The fourth-order valence-electron chi connectivity index (χ4n) is 3.95. The molecule has 1 saturated heterocycles. The third kappa shape index (κ3) is 3.36. The van der Waals surface area contributed by atoms with Gasteiger partial charge in [0.15, 0.2) is 0 Å². The van der Waals surface area contributed by atoms with Crippen LogP contribution in [0, 0.1) is 12.8 Å². The number of aromatic nitrogens is 2. The highest BCUT2D eigenvalue weighted by molar-refractivity contribution is 5.80. The summed E-state index contributed by atoms with van der Waals surface area (Å²) >= 11 is 0. The lowest BCUT2D eigenvalue weighted by Crippen LogP contribution is -2.44. The van der Waals surface area contributed by atoms with Crippen LogP contribution in [0.2, 0.25) is 0 Å². The Hall–Kier alpha value is -2.63. The Bertz CT molecular complexity index is 869. The van der Waals surface area contributed by atoms with Crippen LogP contribution < -0.4 is 10.3 Å². The fraction of sp³-hybridized carbons (Fsp3) is 0.450. The van der Waals surface area contributed by atoms with Crippen LogP contribution in [0.15, 0.2) is 35.1 Å². The molecule has 1 atom stereocenters. The molecule has 0 bridgehead atoms. The van der Waals surface area contributed by atoms with Crippen molar-refractivity contribution in [2.75, 3.05) is 19.7 Å². The van der Waals surface area contributed by atoms with Crippen LogP contribution in [0.1, 0.15) is 35.8 Å². The monoisotopic (exact) mass is 353 g/mol. The number of carbonyl (C=O) groups excluding carboxylic acids is 1. The summed E-state index contributed by atoms with van der Waals surface area (Å²) in [5.41, 5.74) is 1.84. The van der Waals surface area contributed by atoms with E-state index in [4.69, 9.17) is 4.74 Å². The zero-order chi connectivity index (χ0) is 18.1. The van der Waals surface area contributed by atoms with Crippen molar-refractivity contribution < 1.29 is 9.53 Å². The maximum atomic E-state index is 12.9. The molecule has 2 aliphatic rings. The summed E-state index contributed by atoms with van der Waals surface area (Å²) in [6, 6.07) is 9.51. The summed E-state index contributed by atoms with van der Waals surface area (Å²) in [7, 11) is 0. The fourth-order valence-corrected chi connectivity index (χ4v) is 3.95. The lowest BCUT2D eigenvalue weighted by molar-refractivity contribution is -0.138. The molecule has 2 aromatic rings. The van der Waals surface area contributed by atoms with Crippen LogP contribution in [0.3, 0.4) is 0 Å². The molecule has 0 unspecified atom stereocenters. The molecule has 0 aliphatic carbocycles. The molecule has 1 aromatic heterocycles. The number of para-hydroxylation sites is 1. The number of fused-ring (bicyclic) bond motifs is 1. The Balaban J connectivity index is 1.39. The average molecular weight is 353 g/mol. The third-order valence-electron chi connectivity index (χ3n) is 5.33. The molecule has 0 saturated carbocycles. The van der Waals surface area contributed by atoms with Gasteiger partial charge in [-0.25, -0.2) is 4.98 Å². The van der Waals surface area contributed by atoms with Crippen LogP contribution in [0.25, 0.3) is 0 Å². The SMILES string of the molecule is Cc1nc(C2CCN(C(=O)[C@H]3COc4ccccc4C3)CC2)cc(=O)[nH]1. The number of ether oxygens (including phenoxy) is 1. The predicted octanol–water partition coefficient (Wildman–Crippen LogP) is 2.04. The van der Waals surface area contributed by atoms with Crippen molar-refractivity contribution in [1.29, 1.82) is 0 Å². The second-order valence-corrected chi connectivity index (χ2v) is 7.18. The third-order valence-corrected chi connectivity index (χ3v) is 5.33. The average Bonchev–Trinajstić information content (AvgIpc) is 2.66. The standard InChI is InChI=1S/C20H23N3O3/c1-13-21-17(11-19(24)22-13)14-6-8-23(9-7-14)20(25)16-10-15-4-2-3-5-18(15)26-12-16/h2-5,11,14,16H,6-10,12H2,1H3,(H,21,22,24)/t16-/m1/s1. The maximum Gasteiger partial charge on any atom is 0.251 e. The van der Waals surface area contributed by atoms with Gasteiger partial charge in [0.1, 0.15) is 18.2 Å². The molecule has 1 amide bonds. The smallest absolute Gasteiger partial charge is 0.251 e. The quantitative estimate of drug-likeness (QED) is 0.896. The number of piperidine rings is 1. The van der Waals surface area contributed by atoms with Gasteiger partial charge in [0.2, 0.25) is 5.91 Å². The van der Waals surface area contributed by atoms with E-state index in [0.717, 1.165) is 36.3 Å². The number of H-pyrrole nitrogens is 1. The van der Waals surface area contributed by atoms with E-state index in [2.05, 4.69) is 9.97 Å². The molecule has 1 fully saturated rings. The number of nitrogens with zero attached hydrogens (tertiary/aromatic N) is 2. The van der Waals surface area contributed by atoms with E-state index in [1.807, 2.05) is 29.2 Å². The minimum Gasteiger partial charge on any atom is -0.492 e. The van der Waals surface area contributed by atoms with Crippen molar-refractivity contribution in [3.63, 3.8) is 0 Å². The molecule has 1 N–H and O–H groups in total. The first-order valence-electron chi connectivity index (χ1n) is 9.17. The van der Waals surface area contributed by atoms with Crippen molar-refractivity contribution in [2.24, 2.45) is 5.92 Å². The summed E-state index contributed by atoms with van der Waals surface area (Å²) in [5, 5.41) is 0. The van der Waals surface area contributed by atoms with Gasteiger partial charge in [-0.3, -0.25) is 9.59 Å². The first kappa shape index (κ1) is 16.8. The Labute approximate surface area is 152 Å². The number of rotatable bonds is 2. The topological polar surface area (TPSA) is 75.3 Å². The van der Waals surface area contributed by atoms with Gasteiger partial charge in [0.05, 0.1) is 11.6 Å². The van der Waals surface area contributed by atoms with E-state index in [9.17, 15) is 9.59 Å². The summed E-state index contributed by atoms with van der Waals surface area (Å²) in [6.07, 6.45) is 2.42. The minimum absolute atomic E-state index is 0.107. The molecule has 0 spiro atoms. The first-order valence-corrected chi connectivity index (χ1v) is 9.17. The second-order valence-electron chi connectivity index (χ2n) is 7.18. The minimum atomic E-state index is -0.110. The van der Waals surface area contributed by atoms with Crippen molar-refractivity contribution in [2.45, 2.75) is 32.1 Å². The van der Waals surface area contributed by atoms with Gasteiger partial charge in [-0.15, -0.1) is 0 Å². The maximum absolute atomic E-state index is 12.9. The highest BCUT2D eigenvalue weighted by Crippen LogP contribution is 2.30. The van der Waals surface area contributed by atoms with Gasteiger partial charge in [-0.05, 0) is 37.8 Å². The van der Waals surface area contributed by atoms with Gasteiger partial charge in [-0.1, -0.05) is 18.2 Å². The largest absolute Gasteiger partial charge is 0.492 e. The number of hydrogen-bond acceptors (Lipinski definition) is 4. The number of likely N-dealkylation sites (tertiary alicyclic amines) is 1. The first-order chi connectivity index (χ1) is 12.6. The highest BCUT2D eigenvalue weighted by atomic mass is 16.5. The van der Waals surface area contributed by atoms with Crippen molar-refractivity contribution >= 4 is 5.91 Å². The van der Waals surface area contributed by atoms with Gasteiger partial charge >= 0.3 is 0 Å². The molecule has 2 aliphatic heterocycles. The number of nitrogens with one attached hydrogen (secondary N) is 1. The molecule has 136 valence electrons. The van der Waals surface area contributed by atoms with Gasteiger partial charge < -0.3 is 14.6 Å². The molecular formula is C20H23N3O3. The van der Waals surface area contributed by atoms with E-state index in [1.54, 1.807) is 13.0 Å². The van der Waals surface area contributed by atoms with E-state index in [-0.39, 0.29) is 23.3 Å². The molecule has 6 heteroatoms. The van der Waals surface area contributed by atoms with E-state index in [1.165, 1.54) is 0 Å². The number of aromatic amines is 1. The molecule has 4 rings (SSSR count). The number of benzene rings is 1. The molecule has 1 aromatic carbocycles. The Morgan fingerprint density at radius 1 is 1.27 bits per heavy atom. The van der Waals surface area contributed by atoms with Crippen molar-refractivity contribution in [3.05, 3.63) is 57.8 Å². The van der Waals surface area contributed by atoms with Crippen molar-refractivity contribution in [1.82, 2.24) is 14.9 Å². The summed E-state index contributed by atoms with van der Waals surface area (Å²) in [6.45, 7) is 3.65. The van der Waals surface area contributed by atoms with Crippen LogP contribution in [-0.4, -0.2) is 40.5 Å². The van der Waals surface area contributed by atoms with Gasteiger partial charge in [0, 0.05) is 25.1 Å².